The lowest BCUT2D eigenvalue weighted by Gasteiger charge is -2.10. The average Bonchev–Trinajstić information content (AvgIpc) is 2.61. The van der Waals surface area contributed by atoms with Gasteiger partial charge in [-0.1, -0.05) is 24.3 Å². The minimum atomic E-state index is -0.313. The van der Waals surface area contributed by atoms with Crippen LogP contribution in [0.5, 0.6) is 5.75 Å². The molecule has 0 saturated heterocycles. The molecule has 2 N–H and O–H groups in total. The Morgan fingerprint density at radius 2 is 1.80 bits per heavy atom. The maximum atomic E-state index is 12.1. The second kappa shape index (κ2) is 5.86. The second-order valence-electron chi connectivity index (χ2n) is 5.55. The van der Waals surface area contributed by atoms with Crippen molar-refractivity contribution in [3.63, 3.8) is 0 Å². The molecule has 7 heteroatoms. The third kappa shape index (κ3) is 2.65. The highest BCUT2D eigenvalue weighted by atomic mass is 16.5. The maximum absolute atomic E-state index is 12.1. The summed E-state index contributed by atoms with van der Waals surface area (Å²) in [5.74, 6) is 1.29. The lowest BCUT2D eigenvalue weighted by atomic mass is 10.2. The van der Waals surface area contributed by atoms with E-state index in [0.717, 1.165) is 11.1 Å². The van der Waals surface area contributed by atoms with Crippen molar-refractivity contribution in [1.29, 1.82) is 0 Å². The van der Waals surface area contributed by atoms with Crippen LogP contribution in [0.2, 0.25) is 0 Å². The molecule has 0 aliphatic heterocycles. The van der Waals surface area contributed by atoms with E-state index in [0.29, 0.717) is 28.1 Å². The Hall–Kier alpha value is -3.48. The standard InChI is InChI=1S/C18H15N5O2/c1-10-11-7-5-9-14(25-2)15(11)21-17(19-10)23-18-20-13-8-4-3-6-12(13)16(24)22-18/h3-9H,1-2H3,(H2,19,20,21,22,23,24). The number of methoxy groups -OCH3 is 1. The van der Waals surface area contributed by atoms with E-state index in [-0.39, 0.29) is 11.5 Å². The van der Waals surface area contributed by atoms with Crippen LogP contribution >= 0.6 is 0 Å². The number of H-pyrrole nitrogens is 1. The van der Waals surface area contributed by atoms with Crippen molar-refractivity contribution in [2.45, 2.75) is 6.92 Å². The van der Waals surface area contributed by atoms with Gasteiger partial charge in [-0.15, -0.1) is 0 Å². The highest BCUT2D eigenvalue weighted by Gasteiger charge is 2.10. The van der Waals surface area contributed by atoms with Crippen LogP contribution in [0.15, 0.2) is 47.3 Å². The van der Waals surface area contributed by atoms with E-state index in [1.54, 1.807) is 19.2 Å². The molecule has 0 atom stereocenters. The Morgan fingerprint density at radius 3 is 2.64 bits per heavy atom. The van der Waals surface area contributed by atoms with E-state index in [1.165, 1.54) is 0 Å². The van der Waals surface area contributed by atoms with Gasteiger partial charge in [0, 0.05) is 5.39 Å². The number of rotatable bonds is 3. The third-order valence-electron chi connectivity index (χ3n) is 3.95. The zero-order valence-corrected chi connectivity index (χ0v) is 13.7. The summed E-state index contributed by atoms with van der Waals surface area (Å²) in [4.78, 5) is 28.2. The van der Waals surface area contributed by atoms with Gasteiger partial charge >= 0.3 is 0 Å². The smallest absolute Gasteiger partial charge is 0.282 e. The van der Waals surface area contributed by atoms with E-state index in [9.17, 15) is 4.79 Å². The number of para-hydroxylation sites is 2. The molecule has 7 nitrogen and oxygen atoms in total. The Labute approximate surface area is 142 Å². The minimum Gasteiger partial charge on any atom is -0.494 e. The molecule has 0 aliphatic rings. The molecular formula is C18H15N5O2. The molecule has 0 amide bonds. The zero-order chi connectivity index (χ0) is 17.4. The molecule has 2 aromatic carbocycles. The summed E-state index contributed by atoms with van der Waals surface area (Å²) in [6.45, 7) is 1.89. The number of nitrogens with zero attached hydrogens (tertiary/aromatic N) is 3. The SMILES string of the molecule is COc1cccc2c(C)nc(Nc3nc(=O)c4ccccc4[nH]3)nc12. The number of aromatic nitrogens is 4. The molecule has 2 aromatic heterocycles. The molecule has 0 radical (unpaired) electrons. The predicted molar refractivity (Wildman–Crippen MR) is 96.5 cm³/mol. The van der Waals surface area contributed by atoms with Gasteiger partial charge in [-0.2, -0.15) is 4.98 Å². The van der Waals surface area contributed by atoms with Crippen LogP contribution < -0.4 is 15.6 Å². The average molecular weight is 333 g/mol. The number of hydrogen-bond donors (Lipinski definition) is 2. The molecule has 25 heavy (non-hydrogen) atoms. The first-order valence-electron chi connectivity index (χ1n) is 7.73. The number of aromatic amines is 1. The number of anilines is 2. The third-order valence-corrected chi connectivity index (χ3v) is 3.95. The molecular weight excluding hydrogens is 318 g/mol. The van der Waals surface area contributed by atoms with Crippen molar-refractivity contribution in [1.82, 2.24) is 19.9 Å². The zero-order valence-electron chi connectivity index (χ0n) is 13.7. The van der Waals surface area contributed by atoms with E-state index >= 15 is 0 Å². The summed E-state index contributed by atoms with van der Waals surface area (Å²) >= 11 is 0. The Bertz CT molecular complexity index is 1150. The highest BCUT2D eigenvalue weighted by molar-refractivity contribution is 5.87. The summed E-state index contributed by atoms with van der Waals surface area (Å²) in [7, 11) is 1.60. The van der Waals surface area contributed by atoms with Crippen molar-refractivity contribution in [2.75, 3.05) is 12.4 Å². The highest BCUT2D eigenvalue weighted by Crippen LogP contribution is 2.26. The van der Waals surface area contributed by atoms with E-state index in [2.05, 4.69) is 25.3 Å². The maximum Gasteiger partial charge on any atom is 0.282 e. The molecule has 124 valence electrons. The lowest BCUT2D eigenvalue weighted by Crippen LogP contribution is -2.12. The summed E-state index contributed by atoms with van der Waals surface area (Å²) in [6.07, 6.45) is 0. The van der Waals surface area contributed by atoms with Crippen molar-refractivity contribution in [2.24, 2.45) is 0 Å². The first-order chi connectivity index (χ1) is 12.2. The van der Waals surface area contributed by atoms with Crippen molar-refractivity contribution in [3.05, 3.63) is 58.5 Å². The molecule has 0 saturated carbocycles. The van der Waals surface area contributed by atoms with Gasteiger partial charge in [-0.3, -0.25) is 10.1 Å². The van der Waals surface area contributed by atoms with Crippen LogP contribution in [0.1, 0.15) is 5.69 Å². The Balaban J connectivity index is 1.82. The molecule has 2 heterocycles. The van der Waals surface area contributed by atoms with Crippen molar-refractivity contribution >= 4 is 33.7 Å². The van der Waals surface area contributed by atoms with Gasteiger partial charge < -0.3 is 9.72 Å². The van der Waals surface area contributed by atoms with Crippen molar-refractivity contribution in [3.8, 4) is 5.75 Å². The first kappa shape index (κ1) is 15.1. The fraction of sp³-hybridized carbons (Fsp3) is 0.111. The summed E-state index contributed by atoms with van der Waals surface area (Å²) in [6, 6.07) is 12.9. The molecule has 0 bridgehead atoms. The quantitative estimate of drug-likeness (QED) is 0.599. The van der Waals surface area contributed by atoms with Gasteiger partial charge in [0.25, 0.3) is 5.56 Å². The summed E-state index contributed by atoms with van der Waals surface area (Å²) < 4.78 is 5.37. The van der Waals surface area contributed by atoms with Gasteiger partial charge in [0.2, 0.25) is 11.9 Å². The largest absolute Gasteiger partial charge is 0.494 e. The minimum absolute atomic E-state index is 0.289. The van der Waals surface area contributed by atoms with Crippen LogP contribution in [0, 0.1) is 6.92 Å². The van der Waals surface area contributed by atoms with Crippen LogP contribution in [0.25, 0.3) is 21.8 Å². The van der Waals surface area contributed by atoms with E-state index in [4.69, 9.17) is 4.74 Å². The second-order valence-corrected chi connectivity index (χ2v) is 5.55. The fourth-order valence-corrected chi connectivity index (χ4v) is 2.76. The number of benzene rings is 2. The normalized spacial score (nSPS) is 11.0. The number of nitrogens with one attached hydrogen (secondary N) is 2. The molecule has 0 aliphatic carbocycles. The van der Waals surface area contributed by atoms with Gasteiger partial charge in [0.1, 0.15) is 11.3 Å². The molecule has 4 rings (SSSR count). The Morgan fingerprint density at radius 1 is 1.00 bits per heavy atom. The molecule has 0 spiro atoms. The number of fused-ring (bicyclic) bond motifs is 2. The van der Waals surface area contributed by atoms with Gasteiger partial charge in [0.05, 0.1) is 23.7 Å². The Kier molecular flexibility index (Phi) is 3.53. The van der Waals surface area contributed by atoms with E-state index < -0.39 is 0 Å². The van der Waals surface area contributed by atoms with Gasteiger partial charge in [-0.25, -0.2) is 9.97 Å². The summed E-state index contributed by atoms with van der Waals surface area (Å²) in [5, 5.41) is 4.42. The number of hydrogen-bond acceptors (Lipinski definition) is 6. The van der Waals surface area contributed by atoms with Crippen LogP contribution in [-0.2, 0) is 0 Å². The lowest BCUT2D eigenvalue weighted by molar-refractivity contribution is 0.419. The van der Waals surface area contributed by atoms with Crippen molar-refractivity contribution < 1.29 is 4.74 Å². The fourth-order valence-electron chi connectivity index (χ4n) is 2.76. The van der Waals surface area contributed by atoms with Crippen LogP contribution in [0.3, 0.4) is 0 Å². The molecule has 0 fully saturated rings. The molecule has 4 aromatic rings. The van der Waals surface area contributed by atoms with Gasteiger partial charge in [0.15, 0.2) is 0 Å². The number of aryl methyl sites for hydroxylation is 1. The monoisotopic (exact) mass is 333 g/mol. The van der Waals surface area contributed by atoms with E-state index in [1.807, 2.05) is 37.3 Å². The number of ether oxygens (including phenoxy) is 1. The predicted octanol–water partition coefficient (Wildman–Crippen LogP) is 2.93. The molecule has 0 unspecified atom stereocenters. The van der Waals surface area contributed by atoms with Gasteiger partial charge in [-0.05, 0) is 25.1 Å². The van der Waals surface area contributed by atoms with Crippen LogP contribution in [0.4, 0.5) is 11.9 Å². The van der Waals surface area contributed by atoms with Crippen LogP contribution in [-0.4, -0.2) is 27.0 Å². The summed E-state index contributed by atoms with van der Waals surface area (Å²) in [5.41, 5.74) is 1.88. The topological polar surface area (TPSA) is 92.8 Å². The first-order valence-corrected chi connectivity index (χ1v) is 7.73.